The summed E-state index contributed by atoms with van der Waals surface area (Å²) in [7, 11) is 0. The molecule has 2 N–H and O–H groups in total. The molecule has 0 saturated heterocycles. The minimum atomic E-state index is -0.193. The molecule has 0 unspecified atom stereocenters. The second kappa shape index (κ2) is 4.96. The van der Waals surface area contributed by atoms with Crippen LogP contribution in [0.15, 0.2) is 28.1 Å². The Morgan fingerprint density at radius 3 is 3.07 bits per heavy atom. The first-order valence-corrected chi connectivity index (χ1v) is 4.20. The fraction of sp³-hybridized carbons (Fsp3) is 0.222. The van der Waals surface area contributed by atoms with Crippen LogP contribution in [0.25, 0.3) is 0 Å². The molecule has 1 heterocycles. The zero-order chi connectivity index (χ0) is 10.4. The Bertz CT molecular complexity index is 406. The molecule has 0 aliphatic rings. The minimum Gasteiger partial charge on any atom is -0.291 e. The van der Waals surface area contributed by atoms with Gasteiger partial charge in [-0.15, -0.1) is 0 Å². The summed E-state index contributed by atoms with van der Waals surface area (Å²) in [6, 6.07) is 1.42. The molecule has 1 aromatic rings. The molecule has 1 rings (SSSR count). The Morgan fingerprint density at radius 2 is 2.43 bits per heavy atom. The topological polar surface area (TPSA) is 70.1 Å². The van der Waals surface area contributed by atoms with Crippen molar-refractivity contribution in [1.82, 2.24) is 9.97 Å². The second-order valence-electron chi connectivity index (χ2n) is 2.65. The van der Waals surface area contributed by atoms with Crippen LogP contribution in [0.5, 0.6) is 0 Å². The Labute approximate surface area is 81.6 Å². The number of hydrogen-bond acceptors (Lipinski definition) is 4. The number of allylic oxidation sites excluding steroid dienone is 2. The van der Waals surface area contributed by atoms with E-state index < -0.39 is 0 Å². The normalized spacial score (nSPS) is 11.3. The molecule has 0 bridgehead atoms. The smallest absolute Gasteiger partial charge is 0.252 e. The predicted octanol–water partition coefficient (Wildman–Crippen LogP) is 1.05. The summed E-state index contributed by atoms with van der Waals surface area (Å²) in [6.07, 6.45) is 5.18. The van der Waals surface area contributed by atoms with Crippen LogP contribution in [0.3, 0.4) is 0 Å². The van der Waals surface area contributed by atoms with Gasteiger partial charge >= 0.3 is 0 Å². The van der Waals surface area contributed by atoms with Gasteiger partial charge in [0.1, 0.15) is 0 Å². The number of hydrazone groups is 1. The molecule has 0 aliphatic heterocycles. The number of aromatic nitrogens is 2. The van der Waals surface area contributed by atoms with Crippen molar-refractivity contribution in [2.75, 3.05) is 5.43 Å². The van der Waals surface area contributed by atoms with Crippen molar-refractivity contribution in [2.45, 2.75) is 13.8 Å². The van der Waals surface area contributed by atoms with E-state index in [0.717, 1.165) is 0 Å². The summed E-state index contributed by atoms with van der Waals surface area (Å²) in [4.78, 5) is 17.5. The van der Waals surface area contributed by atoms with Crippen LogP contribution in [-0.4, -0.2) is 16.2 Å². The Balaban J connectivity index is 2.72. The fourth-order valence-corrected chi connectivity index (χ4v) is 0.860. The molecule has 0 amide bonds. The molecule has 0 radical (unpaired) electrons. The number of aryl methyl sites for hydroxylation is 1. The lowest BCUT2D eigenvalue weighted by molar-refractivity contribution is 1.04. The highest BCUT2D eigenvalue weighted by atomic mass is 16.1. The minimum absolute atomic E-state index is 0.193. The van der Waals surface area contributed by atoms with Crippen LogP contribution in [0, 0.1) is 6.92 Å². The molecule has 0 atom stereocenters. The monoisotopic (exact) mass is 192 g/mol. The Morgan fingerprint density at radius 1 is 1.64 bits per heavy atom. The largest absolute Gasteiger partial charge is 0.291 e. The molecule has 74 valence electrons. The first-order chi connectivity index (χ1) is 6.72. The lowest BCUT2D eigenvalue weighted by Gasteiger charge is -1.98. The quantitative estimate of drug-likeness (QED) is 0.555. The Kier molecular flexibility index (Phi) is 3.60. The molecule has 5 nitrogen and oxygen atoms in total. The van der Waals surface area contributed by atoms with E-state index in [0.29, 0.717) is 11.6 Å². The van der Waals surface area contributed by atoms with Gasteiger partial charge < -0.3 is 0 Å². The SMILES string of the molecule is C/C=C/C=NNc1nc(C)cc(=O)[nH]1. The average Bonchev–Trinajstić information content (AvgIpc) is 2.11. The van der Waals surface area contributed by atoms with E-state index in [4.69, 9.17) is 0 Å². The lowest BCUT2D eigenvalue weighted by Crippen LogP contribution is -2.10. The number of rotatable bonds is 3. The average molecular weight is 192 g/mol. The highest BCUT2D eigenvalue weighted by Gasteiger charge is 1.94. The summed E-state index contributed by atoms with van der Waals surface area (Å²) in [6.45, 7) is 3.63. The molecule has 0 spiro atoms. The van der Waals surface area contributed by atoms with E-state index in [1.165, 1.54) is 6.07 Å². The summed E-state index contributed by atoms with van der Waals surface area (Å²) in [5.41, 5.74) is 3.07. The van der Waals surface area contributed by atoms with Crippen molar-refractivity contribution in [1.29, 1.82) is 0 Å². The fourth-order valence-electron chi connectivity index (χ4n) is 0.860. The molecule has 5 heteroatoms. The zero-order valence-electron chi connectivity index (χ0n) is 8.11. The third-order valence-corrected chi connectivity index (χ3v) is 1.39. The molecule has 1 aromatic heterocycles. The van der Waals surface area contributed by atoms with Gasteiger partial charge in [-0.25, -0.2) is 10.4 Å². The van der Waals surface area contributed by atoms with Crippen LogP contribution >= 0.6 is 0 Å². The standard InChI is InChI=1S/C9H12N4O/c1-3-4-5-10-13-9-11-7(2)6-8(14)12-9/h3-6H,1-2H3,(H2,11,12,13,14)/b4-3+,10-5?. The maximum Gasteiger partial charge on any atom is 0.252 e. The van der Waals surface area contributed by atoms with Crippen LogP contribution in [0.4, 0.5) is 5.95 Å². The number of aromatic amines is 1. The van der Waals surface area contributed by atoms with Crippen molar-refractivity contribution in [2.24, 2.45) is 5.10 Å². The van der Waals surface area contributed by atoms with Crippen molar-refractivity contribution < 1.29 is 0 Å². The maximum atomic E-state index is 11.0. The van der Waals surface area contributed by atoms with Gasteiger partial charge in [0.25, 0.3) is 5.56 Å². The lowest BCUT2D eigenvalue weighted by atomic mass is 10.5. The van der Waals surface area contributed by atoms with Gasteiger partial charge in [0.15, 0.2) is 0 Å². The molecule has 0 fully saturated rings. The van der Waals surface area contributed by atoms with Gasteiger partial charge in [-0.1, -0.05) is 6.08 Å². The summed E-state index contributed by atoms with van der Waals surface area (Å²) < 4.78 is 0. The molecule has 14 heavy (non-hydrogen) atoms. The van der Waals surface area contributed by atoms with Crippen molar-refractivity contribution in [3.05, 3.63) is 34.3 Å². The predicted molar refractivity (Wildman–Crippen MR) is 56.5 cm³/mol. The first kappa shape index (κ1) is 10.2. The summed E-state index contributed by atoms with van der Waals surface area (Å²) in [5, 5.41) is 3.82. The molecule has 0 aliphatic carbocycles. The van der Waals surface area contributed by atoms with Crippen molar-refractivity contribution in [3.8, 4) is 0 Å². The van der Waals surface area contributed by atoms with Crippen molar-refractivity contribution >= 4 is 12.2 Å². The van der Waals surface area contributed by atoms with Gasteiger partial charge in [0.05, 0.1) is 0 Å². The van der Waals surface area contributed by atoms with Gasteiger partial charge in [-0.3, -0.25) is 9.78 Å². The van der Waals surface area contributed by atoms with E-state index in [1.54, 1.807) is 19.2 Å². The second-order valence-corrected chi connectivity index (χ2v) is 2.65. The van der Waals surface area contributed by atoms with Gasteiger partial charge in [-0.2, -0.15) is 5.10 Å². The molecular formula is C9H12N4O. The van der Waals surface area contributed by atoms with E-state index >= 15 is 0 Å². The number of nitrogens with one attached hydrogen (secondary N) is 2. The van der Waals surface area contributed by atoms with Crippen LogP contribution < -0.4 is 11.0 Å². The number of H-pyrrole nitrogens is 1. The van der Waals surface area contributed by atoms with Crippen LogP contribution in [0.1, 0.15) is 12.6 Å². The summed E-state index contributed by atoms with van der Waals surface area (Å²) in [5.74, 6) is 0.343. The highest BCUT2D eigenvalue weighted by molar-refractivity contribution is 5.71. The third-order valence-electron chi connectivity index (χ3n) is 1.39. The number of anilines is 1. The van der Waals surface area contributed by atoms with Gasteiger partial charge in [0.2, 0.25) is 5.95 Å². The highest BCUT2D eigenvalue weighted by Crippen LogP contribution is 1.94. The van der Waals surface area contributed by atoms with Crippen LogP contribution in [0.2, 0.25) is 0 Å². The molecule has 0 saturated carbocycles. The Hall–Kier alpha value is -1.91. The molecule has 0 aromatic carbocycles. The third kappa shape index (κ3) is 3.22. The van der Waals surface area contributed by atoms with Crippen LogP contribution in [-0.2, 0) is 0 Å². The zero-order valence-corrected chi connectivity index (χ0v) is 8.11. The number of hydrogen-bond donors (Lipinski definition) is 2. The van der Waals surface area contributed by atoms with E-state index in [2.05, 4.69) is 20.5 Å². The van der Waals surface area contributed by atoms with Gasteiger partial charge in [-0.05, 0) is 19.9 Å². The van der Waals surface area contributed by atoms with E-state index in [9.17, 15) is 4.79 Å². The van der Waals surface area contributed by atoms with Crippen molar-refractivity contribution in [3.63, 3.8) is 0 Å². The maximum absolute atomic E-state index is 11.0. The summed E-state index contributed by atoms with van der Waals surface area (Å²) >= 11 is 0. The number of nitrogens with zero attached hydrogens (tertiary/aromatic N) is 2. The van der Waals surface area contributed by atoms with E-state index in [-0.39, 0.29) is 5.56 Å². The van der Waals surface area contributed by atoms with Gasteiger partial charge in [0, 0.05) is 18.0 Å². The first-order valence-electron chi connectivity index (χ1n) is 4.20. The van der Waals surface area contributed by atoms with E-state index in [1.807, 2.05) is 13.0 Å². The molecular weight excluding hydrogens is 180 g/mol.